The number of para-hydroxylation sites is 1. The predicted octanol–water partition coefficient (Wildman–Crippen LogP) is 2.00. The van der Waals surface area contributed by atoms with Crippen LogP contribution in [-0.2, 0) is 29.0 Å². The summed E-state index contributed by atoms with van der Waals surface area (Å²) < 4.78 is 0. The molecule has 2 amide bonds. The van der Waals surface area contributed by atoms with Gasteiger partial charge in [-0.3, -0.25) is 14.4 Å². The Morgan fingerprint density at radius 3 is 2.85 bits per heavy atom. The van der Waals surface area contributed by atoms with Crippen LogP contribution in [0.4, 0.5) is 5.69 Å². The number of hydrogen-bond acceptors (Lipinski definition) is 3. The van der Waals surface area contributed by atoms with E-state index in [4.69, 9.17) is 0 Å². The first-order valence-corrected chi connectivity index (χ1v) is 9.02. The van der Waals surface area contributed by atoms with Crippen molar-refractivity contribution in [3.8, 4) is 0 Å². The Bertz CT molecular complexity index is 932. The van der Waals surface area contributed by atoms with Gasteiger partial charge in [-0.25, -0.2) is 0 Å². The van der Waals surface area contributed by atoms with E-state index in [1.807, 2.05) is 30.3 Å². The molecule has 0 spiro atoms. The quantitative estimate of drug-likeness (QED) is 0.787. The van der Waals surface area contributed by atoms with Gasteiger partial charge >= 0.3 is 0 Å². The van der Waals surface area contributed by atoms with Crippen molar-refractivity contribution in [3.05, 3.63) is 63.1 Å². The largest absolute Gasteiger partial charge is 0.352 e. The van der Waals surface area contributed by atoms with Gasteiger partial charge in [0.2, 0.25) is 11.8 Å². The minimum Gasteiger partial charge on any atom is -0.352 e. The zero-order valence-corrected chi connectivity index (χ0v) is 14.4. The second-order valence-corrected chi connectivity index (χ2v) is 6.94. The number of anilines is 1. The van der Waals surface area contributed by atoms with E-state index < -0.39 is 5.92 Å². The lowest BCUT2D eigenvalue weighted by molar-refractivity contribution is -0.125. The first kappa shape index (κ1) is 16.6. The van der Waals surface area contributed by atoms with Crippen LogP contribution >= 0.6 is 0 Å². The number of pyridine rings is 1. The summed E-state index contributed by atoms with van der Waals surface area (Å²) in [5.74, 6) is -0.875. The van der Waals surface area contributed by atoms with Crippen molar-refractivity contribution in [2.75, 3.05) is 5.32 Å². The number of fused-ring (bicyclic) bond motifs is 2. The van der Waals surface area contributed by atoms with Gasteiger partial charge in [0, 0.05) is 29.9 Å². The zero-order valence-electron chi connectivity index (χ0n) is 14.4. The summed E-state index contributed by atoms with van der Waals surface area (Å²) in [5.41, 5.74) is 4.23. The van der Waals surface area contributed by atoms with Gasteiger partial charge in [-0.15, -0.1) is 0 Å². The normalized spacial score (nSPS) is 18.0. The summed E-state index contributed by atoms with van der Waals surface area (Å²) in [7, 11) is 0. The van der Waals surface area contributed by atoms with E-state index in [0.717, 1.165) is 42.6 Å². The van der Waals surface area contributed by atoms with Gasteiger partial charge in [-0.2, -0.15) is 0 Å². The van der Waals surface area contributed by atoms with Gasteiger partial charge in [0.05, 0.1) is 5.92 Å². The molecular formula is C20H21N3O3. The van der Waals surface area contributed by atoms with Crippen LogP contribution < -0.4 is 16.2 Å². The molecule has 1 unspecified atom stereocenters. The van der Waals surface area contributed by atoms with Crippen LogP contribution in [0.2, 0.25) is 0 Å². The number of hydrogen-bond donors (Lipinski definition) is 3. The molecule has 6 nitrogen and oxygen atoms in total. The average Bonchev–Trinajstić information content (AvgIpc) is 2.95. The second-order valence-electron chi connectivity index (χ2n) is 6.94. The molecule has 0 saturated carbocycles. The third-order valence-electron chi connectivity index (χ3n) is 5.19. The van der Waals surface area contributed by atoms with Crippen molar-refractivity contribution in [1.29, 1.82) is 0 Å². The highest BCUT2D eigenvalue weighted by Gasteiger charge is 2.31. The Kier molecular flexibility index (Phi) is 4.32. The van der Waals surface area contributed by atoms with E-state index in [0.29, 0.717) is 5.56 Å². The fraction of sp³-hybridized carbons (Fsp3) is 0.350. The van der Waals surface area contributed by atoms with E-state index in [1.54, 1.807) is 0 Å². The zero-order chi connectivity index (χ0) is 18.1. The second kappa shape index (κ2) is 6.78. The summed E-state index contributed by atoms with van der Waals surface area (Å²) in [6.45, 7) is 0.178. The SMILES string of the molecule is O=C(CC1C(=O)Nc2ccccc21)NCc1cc2c([nH]c1=O)CCCC2. The van der Waals surface area contributed by atoms with Crippen molar-refractivity contribution >= 4 is 17.5 Å². The lowest BCUT2D eigenvalue weighted by atomic mass is 9.95. The fourth-order valence-electron chi connectivity index (χ4n) is 3.79. The summed E-state index contributed by atoms with van der Waals surface area (Å²) in [6.07, 6.45) is 4.18. The lowest BCUT2D eigenvalue weighted by Gasteiger charge is -2.16. The molecular weight excluding hydrogens is 330 g/mol. The number of aromatic amines is 1. The molecule has 1 aliphatic heterocycles. The van der Waals surface area contributed by atoms with Crippen LogP contribution in [0.1, 0.15) is 47.6 Å². The number of H-pyrrole nitrogens is 1. The maximum absolute atomic E-state index is 12.3. The van der Waals surface area contributed by atoms with Crippen LogP contribution in [-0.4, -0.2) is 16.8 Å². The minimum atomic E-state index is -0.479. The Morgan fingerprint density at radius 2 is 1.96 bits per heavy atom. The van der Waals surface area contributed by atoms with Crippen LogP contribution in [0, 0.1) is 0 Å². The van der Waals surface area contributed by atoms with Crippen LogP contribution in [0.5, 0.6) is 0 Å². The molecule has 1 aliphatic carbocycles. The molecule has 3 N–H and O–H groups in total. The Labute approximate surface area is 151 Å². The highest BCUT2D eigenvalue weighted by Crippen LogP contribution is 2.34. The van der Waals surface area contributed by atoms with Gasteiger partial charge < -0.3 is 15.6 Å². The highest BCUT2D eigenvalue weighted by molar-refractivity contribution is 6.04. The molecule has 2 aliphatic rings. The summed E-state index contributed by atoms with van der Waals surface area (Å²) in [5, 5.41) is 5.58. The first-order chi connectivity index (χ1) is 12.6. The van der Waals surface area contributed by atoms with Crippen molar-refractivity contribution < 1.29 is 9.59 Å². The number of carbonyl (C=O) groups is 2. The standard InChI is InChI=1S/C20H21N3O3/c24-18(10-15-14-6-2-4-8-17(14)23-20(15)26)21-11-13-9-12-5-1-3-7-16(12)22-19(13)25/h2,4,6,8-9,15H,1,3,5,7,10-11H2,(H,21,24)(H,22,25)(H,23,26). The third-order valence-corrected chi connectivity index (χ3v) is 5.19. The minimum absolute atomic E-state index is 0.0751. The van der Waals surface area contributed by atoms with Crippen molar-refractivity contribution in [3.63, 3.8) is 0 Å². The summed E-state index contributed by atoms with van der Waals surface area (Å²) in [4.78, 5) is 39.6. The fourth-order valence-corrected chi connectivity index (χ4v) is 3.79. The molecule has 0 saturated heterocycles. The number of benzene rings is 1. The number of aryl methyl sites for hydroxylation is 2. The maximum atomic E-state index is 12.3. The number of rotatable bonds is 4. The molecule has 4 rings (SSSR count). The smallest absolute Gasteiger partial charge is 0.253 e. The molecule has 0 fully saturated rings. The summed E-state index contributed by atoms with van der Waals surface area (Å²) >= 11 is 0. The Morgan fingerprint density at radius 1 is 1.15 bits per heavy atom. The molecule has 0 radical (unpaired) electrons. The molecule has 134 valence electrons. The van der Waals surface area contributed by atoms with Crippen LogP contribution in [0.15, 0.2) is 35.1 Å². The Hall–Kier alpha value is -2.89. The van der Waals surface area contributed by atoms with Crippen molar-refractivity contribution in [2.45, 2.75) is 44.6 Å². The van der Waals surface area contributed by atoms with Crippen LogP contribution in [0.3, 0.4) is 0 Å². The third kappa shape index (κ3) is 3.14. The van der Waals surface area contributed by atoms with Gasteiger partial charge in [-0.1, -0.05) is 18.2 Å². The number of amides is 2. The van der Waals surface area contributed by atoms with Crippen LogP contribution in [0.25, 0.3) is 0 Å². The van der Waals surface area contributed by atoms with Gasteiger partial charge in [-0.05, 0) is 48.9 Å². The van der Waals surface area contributed by atoms with Gasteiger partial charge in [0.15, 0.2) is 0 Å². The van der Waals surface area contributed by atoms with Crippen molar-refractivity contribution in [1.82, 2.24) is 10.3 Å². The van der Waals surface area contributed by atoms with E-state index >= 15 is 0 Å². The van der Waals surface area contributed by atoms with E-state index in [9.17, 15) is 14.4 Å². The van der Waals surface area contributed by atoms with Crippen molar-refractivity contribution in [2.24, 2.45) is 0 Å². The summed E-state index contributed by atoms with van der Waals surface area (Å²) in [6, 6.07) is 9.31. The van der Waals surface area contributed by atoms with Gasteiger partial charge in [0.1, 0.15) is 0 Å². The van der Waals surface area contributed by atoms with E-state index in [2.05, 4.69) is 15.6 Å². The monoisotopic (exact) mass is 351 g/mol. The number of nitrogens with one attached hydrogen (secondary N) is 3. The number of carbonyl (C=O) groups excluding carboxylic acids is 2. The molecule has 0 bridgehead atoms. The lowest BCUT2D eigenvalue weighted by Crippen LogP contribution is -2.30. The molecule has 1 aromatic carbocycles. The maximum Gasteiger partial charge on any atom is 0.253 e. The Balaban J connectivity index is 1.42. The topological polar surface area (TPSA) is 91.1 Å². The van der Waals surface area contributed by atoms with E-state index in [-0.39, 0.29) is 30.3 Å². The molecule has 6 heteroatoms. The highest BCUT2D eigenvalue weighted by atomic mass is 16.2. The molecule has 1 aromatic heterocycles. The molecule has 1 atom stereocenters. The number of aromatic nitrogens is 1. The average molecular weight is 351 g/mol. The first-order valence-electron chi connectivity index (χ1n) is 9.02. The predicted molar refractivity (Wildman–Crippen MR) is 98.0 cm³/mol. The molecule has 2 aromatic rings. The van der Waals surface area contributed by atoms with Gasteiger partial charge in [0.25, 0.3) is 5.56 Å². The molecule has 2 heterocycles. The molecule has 26 heavy (non-hydrogen) atoms. The van der Waals surface area contributed by atoms with E-state index in [1.165, 1.54) is 5.56 Å².